The van der Waals surface area contributed by atoms with Gasteiger partial charge in [-0.2, -0.15) is 5.26 Å². The maximum Gasteiger partial charge on any atom is 0.171 e. The topological polar surface area (TPSA) is 57.1 Å². The Bertz CT molecular complexity index is 665. The lowest BCUT2D eigenvalue weighted by atomic mass is 10.1. The Hall–Kier alpha value is -2.58. The number of anilines is 1. The van der Waals surface area contributed by atoms with Crippen LogP contribution in [0.5, 0.6) is 5.75 Å². The highest BCUT2D eigenvalue weighted by Gasteiger charge is 2.05. The van der Waals surface area contributed by atoms with Crippen molar-refractivity contribution in [2.75, 3.05) is 11.9 Å². The van der Waals surface area contributed by atoms with E-state index in [9.17, 15) is 0 Å². The number of nitrogens with one attached hydrogen (secondary N) is 2. The Kier molecular flexibility index (Phi) is 6.40. The summed E-state index contributed by atoms with van der Waals surface area (Å²) in [7, 11) is 0. The normalized spacial score (nSPS) is 11.1. The first-order valence-corrected chi connectivity index (χ1v) is 7.79. The van der Waals surface area contributed by atoms with Gasteiger partial charge in [0.2, 0.25) is 0 Å². The average molecular weight is 325 g/mol. The van der Waals surface area contributed by atoms with Gasteiger partial charge in [0.15, 0.2) is 5.11 Å². The molecular formula is C18H19N3OS. The first-order chi connectivity index (χ1) is 11.2. The van der Waals surface area contributed by atoms with Crippen LogP contribution in [0, 0.1) is 11.3 Å². The SMILES string of the molecule is C[C@@H](COc1ccccc1)NC(=S)Nc1ccc(CC#N)cc1. The van der Waals surface area contributed by atoms with Crippen molar-refractivity contribution in [2.24, 2.45) is 0 Å². The number of ether oxygens (including phenoxy) is 1. The van der Waals surface area contributed by atoms with Crippen molar-refractivity contribution in [1.82, 2.24) is 5.32 Å². The monoisotopic (exact) mass is 325 g/mol. The molecule has 0 aliphatic rings. The second kappa shape index (κ2) is 8.76. The van der Waals surface area contributed by atoms with E-state index in [1.165, 1.54) is 0 Å². The Balaban J connectivity index is 1.76. The fourth-order valence-electron chi connectivity index (χ4n) is 1.97. The number of benzene rings is 2. The van der Waals surface area contributed by atoms with Gasteiger partial charge in [-0.05, 0) is 49.0 Å². The van der Waals surface area contributed by atoms with Crippen molar-refractivity contribution in [3.63, 3.8) is 0 Å². The number of hydrogen-bond donors (Lipinski definition) is 2. The maximum atomic E-state index is 8.66. The standard InChI is InChI=1S/C18H19N3OS/c1-14(13-22-17-5-3-2-4-6-17)20-18(23)21-16-9-7-15(8-10-16)11-12-19/h2-10,14H,11,13H2,1H3,(H2,20,21,23)/t14-/m0/s1. The summed E-state index contributed by atoms with van der Waals surface area (Å²) in [6, 6.07) is 19.5. The van der Waals surface area contributed by atoms with Gasteiger partial charge in [0.25, 0.3) is 0 Å². The van der Waals surface area contributed by atoms with Gasteiger partial charge < -0.3 is 15.4 Å². The molecule has 0 saturated heterocycles. The van der Waals surface area contributed by atoms with E-state index in [2.05, 4.69) is 16.7 Å². The van der Waals surface area contributed by atoms with Crippen molar-refractivity contribution >= 4 is 23.0 Å². The second-order valence-corrected chi connectivity index (χ2v) is 5.56. The van der Waals surface area contributed by atoms with E-state index in [4.69, 9.17) is 22.2 Å². The maximum absolute atomic E-state index is 8.66. The molecule has 0 fully saturated rings. The number of para-hydroxylation sites is 1. The van der Waals surface area contributed by atoms with Gasteiger partial charge in [0.1, 0.15) is 12.4 Å². The molecule has 118 valence electrons. The molecule has 0 bridgehead atoms. The van der Waals surface area contributed by atoms with E-state index < -0.39 is 0 Å². The van der Waals surface area contributed by atoms with Gasteiger partial charge in [-0.15, -0.1) is 0 Å². The van der Waals surface area contributed by atoms with Crippen LogP contribution in [-0.2, 0) is 6.42 Å². The molecule has 5 heteroatoms. The highest BCUT2D eigenvalue weighted by molar-refractivity contribution is 7.80. The van der Waals surface area contributed by atoms with Crippen LogP contribution in [-0.4, -0.2) is 17.8 Å². The molecule has 1 atom stereocenters. The summed E-state index contributed by atoms with van der Waals surface area (Å²) in [5.74, 6) is 0.841. The molecule has 0 heterocycles. The Morgan fingerprint density at radius 3 is 2.52 bits per heavy atom. The highest BCUT2D eigenvalue weighted by atomic mass is 32.1. The molecule has 0 unspecified atom stereocenters. The number of nitrogens with zero attached hydrogens (tertiary/aromatic N) is 1. The van der Waals surface area contributed by atoms with Crippen LogP contribution >= 0.6 is 12.2 Å². The zero-order valence-electron chi connectivity index (χ0n) is 13.0. The fourth-order valence-corrected chi connectivity index (χ4v) is 2.29. The minimum atomic E-state index is 0.0769. The molecular weight excluding hydrogens is 306 g/mol. The third-order valence-electron chi connectivity index (χ3n) is 3.12. The first-order valence-electron chi connectivity index (χ1n) is 7.38. The molecule has 2 aromatic carbocycles. The minimum Gasteiger partial charge on any atom is -0.491 e. The van der Waals surface area contributed by atoms with Crippen molar-refractivity contribution in [1.29, 1.82) is 5.26 Å². The Labute approximate surface area is 142 Å². The average Bonchev–Trinajstić information content (AvgIpc) is 2.56. The third kappa shape index (κ3) is 5.97. The van der Waals surface area contributed by atoms with Crippen LogP contribution in [0.25, 0.3) is 0 Å². The third-order valence-corrected chi connectivity index (χ3v) is 3.34. The summed E-state index contributed by atoms with van der Waals surface area (Å²) in [6.45, 7) is 2.53. The van der Waals surface area contributed by atoms with Crippen LogP contribution in [0.1, 0.15) is 12.5 Å². The molecule has 0 spiro atoms. The largest absolute Gasteiger partial charge is 0.491 e. The molecule has 0 radical (unpaired) electrons. The zero-order valence-corrected chi connectivity index (χ0v) is 13.8. The van der Waals surface area contributed by atoms with Crippen molar-refractivity contribution in [3.05, 3.63) is 60.2 Å². The van der Waals surface area contributed by atoms with E-state index in [1.54, 1.807) is 0 Å². The van der Waals surface area contributed by atoms with Gasteiger partial charge >= 0.3 is 0 Å². The van der Waals surface area contributed by atoms with E-state index in [0.717, 1.165) is 17.0 Å². The van der Waals surface area contributed by atoms with Gasteiger partial charge in [-0.1, -0.05) is 30.3 Å². The molecule has 2 N–H and O–H groups in total. The summed E-state index contributed by atoms with van der Waals surface area (Å²) in [6.07, 6.45) is 0.414. The number of hydrogen-bond acceptors (Lipinski definition) is 3. The van der Waals surface area contributed by atoms with Crippen LogP contribution in [0.4, 0.5) is 5.69 Å². The van der Waals surface area contributed by atoms with Crippen LogP contribution in [0.3, 0.4) is 0 Å². The van der Waals surface area contributed by atoms with Crippen LogP contribution in [0.2, 0.25) is 0 Å². The first kappa shape index (κ1) is 16.8. The van der Waals surface area contributed by atoms with E-state index >= 15 is 0 Å². The van der Waals surface area contributed by atoms with Gasteiger partial charge in [-0.25, -0.2) is 0 Å². The lowest BCUT2D eigenvalue weighted by Crippen LogP contribution is -2.39. The summed E-state index contributed by atoms with van der Waals surface area (Å²) in [5.41, 5.74) is 1.88. The molecule has 0 aliphatic carbocycles. The van der Waals surface area contributed by atoms with Crippen LogP contribution in [0.15, 0.2) is 54.6 Å². The predicted molar refractivity (Wildman–Crippen MR) is 96.5 cm³/mol. The molecule has 23 heavy (non-hydrogen) atoms. The molecule has 0 saturated carbocycles. The molecule has 4 nitrogen and oxygen atoms in total. The van der Waals surface area contributed by atoms with Gasteiger partial charge in [0.05, 0.1) is 18.5 Å². The van der Waals surface area contributed by atoms with Gasteiger partial charge in [-0.3, -0.25) is 0 Å². The Morgan fingerprint density at radius 1 is 1.17 bits per heavy atom. The smallest absolute Gasteiger partial charge is 0.171 e. The highest BCUT2D eigenvalue weighted by Crippen LogP contribution is 2.10. The molecule has 0 amide bonds. The fraction of sp³-hybridized carbons (Fsp3) is 0.222. The zero-order chi connectivity index (χ0) is 16.5. The summed E-state index contributed by atoms with van der Waals surface area (Å²) in [5, 5.41) is 15.5. The van der Waals surface area contributed by atoms with Crippen molar-refractivity contribution < 1.29 is 4.74 Å². The summed E-state index contributed by atoms with van der Waals surface area (Å²) >= 11 is 5.30. The molecule has 2 rings (SSSR count). The van der Waals surface area contributed by atoms with Gasteiger partial charge in [0, 0.05) is 5.69 Å². The molecule has 0 aliphatic heterocycles. The van der Waals surface area contributed by atoms with Crippen molar-refractivity contribution in [3.8, 4) is 11.8 Å². The summed E-state index contributed by atoms with van der Waals surface area (Å²) < 4.78 is 5.68. The molecule has 0 aromatic heterocycles. The van der Waals surface area contributed by atoms with Crippen LogP contribution < -0.4 is 15.4 Å². The van der Waals surface area contributed by atoms with E-state index in [1.807, 2.05) is 61.5 Å². The summed E-state index contributed by atoms with van der Waals surface area (Å²) in [4.78, 5) is 0. The lowest BCUT2D eigenvalue weighted by Gasteiger charge is -2.17. The van der Waals surface area contributed by atoms with Crippen molar-refractivity contribution in [2.45, 2.75) is 19.4 Å². The Morgan fingerprint density at radius 2 is 1.87 bits per heavy atom. The quantitative estimate of drug-likeness (QED) is 0.796. The number of rotatable bonds is 6. The second-order valence-electron chi connectivity index (χ2n) is 5.16. The van der Waals surface area contributed by atoms with E-state index in [0.29, 0.717) is 18.1 Å². The lowest BCUT2D eigenvalue weighted by molar-refractivity contribution is 0.287. The minimum absolute atomic E-state index is 0.0769. The molecule has 2 aromatic rings. The van der Waals surface area contributed by atoms with E-state index in [-0.39, 0.29) is 6.04 Å². The number of thiocarbonyl (C=S) groups is 1. The number of nitriles is 1. The predicted octanol–water partition coefficient (Wildman–Crippen LogP) is 3.51.